The summed E-state index contributed by atoms with van der Waals surface area (Å²) in [5, 5.41) is 3.03. The topological polar surface area (TPSA) is 3.24 Å². The van der Waals surface area contributed by atoms with Gasteiger partial charge in [0.05, 0.1) is 11.4 Å². The number of para-hydroxylation sites is 3. The first-order valence-electron chi connectivity index (χ1n) is 10.8. The third-order valence-corrected chi connectivity index (χ3v) is 10.6. The number of hydrogen-bond acceptors (Lipinski definition) is 1. The quantitative estimate of drug-likeness (QED) is 0.324. The Morgan fingerprint density at radius 1 is 0.517 bits per heavy atom. The van der Waals surface area contributed by atoms with Gasteiger partial charge in [-0.25, -0.2) is 0 Å². The molecule has 0 heterocycles. The maximum atomic E-state index is 2.52. The van der Waals surface area contributed by atoms with Crippen LogP contribution in [0.1, 0.15) is 27.7 Å². The van der Waals surface area contributed by atoms with Gasteiger partial charge in [0.2, 0.25) is 0 Å². The van der Waals surface area contributed by atoms with E-state index in [9.17, 15) is 0 Å². The van der Waals surface area contributed by atoms with E-state index in [1.54, 1.807) is 0 Å². The summed E-state index contributed by atoms with van der Waals surface area (Å²) in [7, 11) is -0.308. The van der Waals surface area contributed by atoms with Crippen LogP contribution in [-0.2, 0) is 0 Å². The van der Waals surface area contributed by atoms with Crippen molar-refractivity contribution in [3.63, 3.8) is 0 Å². The van der Waals surface area contributed by atoms with Crippen molar-refractivity contribution in [2.75, 3.05) is 29.5 Å². The van der Waals surface area contributed by atoms with E-state index >= 15 is 0 Å². The minimum absolute atomic E-state index is 0.154. The van der Waals surface area contributed by atoms with Gasteiger partial charge in [-0.05, 0) is 59.5 Å². The van der Waals surface area contributed by atoms with Crippen LogP contribution in [0.3, 0.4) is 0 Å². The Labute approximate surface area is 179 Å². The van der Waals surface area contributed by atoms with Crippen LogP contribution in [0.5, 0.6) is 0 Å². The van der Waals surface area contributed by atoms with Crippen LogP contribution in [0.25, 0.3) is 0 Å². The minimum atomic E-state index is -0.154. The average molecular weight is 422 g/mol. The highest BCUT2D eigenvalue weighted by molar-refractivity contribution is 7.66. The van der Waals surface area contributed by atoms with Gasteiger partial charge in [-0.2, -0.15) is 0 Å². The van der Waals surface area contributed by atoms with Crippen molar-refractivity contribution in [1.82, 2.24) is 0 Å². The zero-order valence-corrected chi connectivity index (χ0v) is 20.0. The molecule has 0 saturated heterocycles. The van der Waals surface area contributed by atoms with Crippen LogP contribution in [0.2, 0.25) is 0 Å². The zero-order valence-electron chi connectivity index (χ0n) is 18.2. The third kappa shape index (κ3) is 4.91. The largest absolute Gasteiger partial charge is 0.309 e. The summed E-state index contributed by atoms with van der Waals surface area (Å²) < 4.78 is 0. The van der Waals surface area contributed by atoms with Gasteiger partial charge in [0.15, 0.2) is 0 Å². The van der Waals surface area contributed by atoms with E-state index in [0.29, 0.717) is 0 Å². The molecule has 0 saturated carbocycles. The Kier molecular flexibility index (Phi) is 8.29. The summed E-state index contributed by atoms with van der Waals surface area (Å²) in [6.45, 7) is 9.33. The number of nitrogens with zero attached hydrogens (tertiary/aromatic N) is 1. The molecule has 1 nitrogen and oxygen atoms in total. The number of benzene rings is 3. The molecule has 0 amide bonds. The smallest absolute Gasteiger partial charge is 0.0538 e. The van der Waals surface area contributed by atoms with Gasteiger partial charge in [-0.15, -0.1) is 0 Å². The molecule has 0 unspecified atom stereocenters. The Balaban J connectivity index is 2.26. The molecule has 152 valence electrons. The molecule has 0 aliphatic heterocycles. The van der Waals surface area contributed by atoms with E-state index in [2.05, 4.69) is 111 Å². The molecule has 0 spiro atoms. The molecule has 0 atom stereocenters. The molecule has 0 aromatic heterocycles. The molecule has 0 radical (unpaired) electrons. The summed E-state index contributed by atoms with van der Waals surface area (Å²) in [5.74, 6) is 0. The zero-order chi connectivity index (χ0) is 20.6. The minimum Gasteiger partial charge on any atom is -0.309 e. The van der Waals surface area contributed by atoms with Gasteiger partial charge in [0.1, 0.15) is 0 Å². The highest BCUT2D eigenvalue weighted by atomic mass is 31.1. The van der Waals surface area contributed by atoms with Crippen LogP contribution in [0.4, 0.5) is 17.1 Å². The lowest BCUT2D eigenvalue weighted by atomic mass is 10.2. The standard InChI is InChI=1S/C26H33NP2/c1-5-28(6-2)25-20-14-12-18-23(25)27(22-16-10-9-11-17-22)24-19-13-15-21-26(24)29(7-3)8-4/h9-21H,5-8H2,1-4H3. The van der Waals surface area contributed by atoms with Crippen molar-refractivity contribution in [3.05, 3.63) is 78.9 Å². The van der Waals surface area contributed by atoms with E-state index in [-0.39, 0.29) is 15.8 Å². The molecule has 0 N–H and O–H groups in total. The van der Waals surface area contributed by atoms with Crippen molar-refractivity contribution in [1.29, 1.82) is 0 Å². The van der Waals surface area contributed by atoms with Gasteiger partial charge in [0.25, 0.3) is 0 Å². The molecular formula is C26H33NP2. The Bertz CT molecular complexity index is 830. The van der Waals surface area contributed by atoms with E-state index in [0.717, 1.165) is 0 Å². The number of hydrogen-bond donors (Lipinski definition) is 0. The highest BCUT2D eigenvalue weighted by Gasteiger charge is 2.22. The first kappa shape index (κ1) is 22.0. The second kappa shape index (κ2) is 10.9. The van der Waals surface area contributed by atoms with E-state index in [1.165, 1.54) is 52.3 Å². The SMILES string of the molecule is CCP(CC)c1ccccc1N(c1ccccc1)c1ccccc1P(CC)CC. The Morgan fingerprint density at radius 2 is 0.897 bits per heavy atom. The predicted molar refractivity (Wildman–Crippen MR) is 136 cm³/mol. The molecule has 3 aromatic rings. The number of anilines is 3. The lowest BCUT2D eigenvalue weighted by molar-refractivity contribution is 1.30. The summed E-state index contributed by atoms with van der Waals surface area (Å²) >= 11 is 0. The van der Waals surface area contributed by atoms with Gasteiger partial charge >= 0.3 is 0 Å². The lowest BCUT2D eigenvalue weighted by Crippen LogP contribution is -2.23. The third-order valence-electron chi connectivity index (χ3n) is 5.47. The number of rotatable bonds is 9. The molecule has 0 fully saturated rings. The second-order valence-electron chi connectivity index (χ2n) is 6.99. The van der Waals surface area contributed by atoms with E-state index < -0.39 is 0 Å². The van der Waals surface area contributed by atoms with Crippen LogP contribution < -0.4 is 15.5 Å². The van der Waals surface area contributed by atoms with Crippen molar-refractivity contribution in [3.8, 4) is 0 Å². The molecule has 3 rings (SSSR count). The Morgan fingerprint density at radius 3 is 1.31 bits per heavy atom. The summed E-state index contributed by atoms with van der Waals surface area (Å²) in [6, 6.07) is 29.1. The molecule has 3 aromatic carbocycles. The fourth-order valence-corrected chi connectivity index (χ4v) is 7.80. The van der Waals surface area contributed by atoms with E-state index in [1.807, 2.05) is 0 Å². The van der Waals surface area contributed by atoms with Gasteiger partial charge < -0.3 is 4.90 Å². The van der Waals surface area contributed by atoms with Crippen molar-refractivity contribution < 1.29 is 0 Å². The van der Waals surface area contributed by atoms with Gasteiger partial charge in [-0.1, -0.05) is 98.1 Å². The molecule has 0 bridgehead atoms. The van der Waals surface area contributed by atoms with Crippen molar-refractivity contribution in [2.24, 2.45) is 0 Å². The van der Waals surface area contributed by atoms with Crippen LogP contribution in [-0.4, -0.2) is 24.6 Å². The molecule has 29 heavy (non-hydrogen) atoms. The maximum Gasteiger partial charge on any atom is 0.0538 e. The van der Waals surface area contributed by atoms with Crippen molar-refractivity contribution >= 4 is 43.5 Å². The van der Waals surface area contributed by atoms with Crippen molar-refractivity contribution in [2.45, 2.75) is 27.7 Å². The summed E-state index contributed by atoms with van der Waals surface area (Å²) in [5.41, 5.74) is 3.95. The highest BCUT2D eigenvalue weighted by Crippen LogP contribution is 2.44. The van der Waals surface area contributed by atoms with E-state index in [4.69, 9.17) is 0 Å². The molecule has 3 heteroatoms. The monoisotopic (exact) mass is 421 g/mol. The first-order chi connectivity index (χ1) is 14.2. The summed E-state index contributed by atoms with van der Waals surface area (Å²) in [6.07, 6.45) is 4.90. The molecule has 0 aliphatic carbocycles. The fourth-order valence-electron chi connectivity index (χ4n) is 3.95. The lowest BCUT2D eigenvalue weighted by Gasteiger charge is -2.32. The molecule has 0 aliphatic rings. The first-order valence-corrected chi connectivity index (χ1v) is 14.2. The van der Waals surface area contributed by atoms with Crippen LogP contribution >= 0.6 is 15.8 Å². The summed E-state index contributed by atoms with van der Waals surface area (Å²) in [4.78, 5) is 2.52. The fraction of sp³-hybridized carbons (Fsp3) is 0.308. The maximum absolute atomic E-state index is 2.52. The van der Waals surface area contributed by atoms with Crippen LogP contribution in [0.15, 0.2) is 78.9 Å². The predicted octanol–water partition coefficient (Wildman–Crippen LogP) is 7.45. The van der Waals surface area contributed by atoms with Crippen LogP contribution in [0, 0.1) is 0 Å². The van der Waals surface area contributed by atoms with Gasteiger partial charge in [-0.3, -0.25) is 0 Å². The Hall–Kier alpha value is -1.68. The molecular weight excluding hydrogens is 388 g/mol. The average Bonchev–Trinajstić information content (AvgIpc) is 2.78. The second-order valence-corrected chi connectivity index (χ2v) is 12.6. The van der Waals surface area contributed by atoms with Gasteiger partial charge in [0, 0.05) is 5.69 Å². The normalized spacial score (nSPS) is 11.2.